The van der Waals surface area contributed by atoms with Gasteiger partial charge in [0.25, 0.3) is 0 Å². The monoisotopic (exact) mass is 361 g/mol. The van der Waals surface area contributed by atoms with Gasteiger partial charge in [0.1, 0.15) is 0 Å². The molecule has 0 aliphatic carbocycles. The molecule has 6 nitrogen and oxygen atoms in total. The highest BCUT2D eigenvalue weighted by molar-refractivity contribution is 5.74. The van der Waals surface area contributed by atoms with Gasteiger partial charge >= 0.3 is 12.0 Å². The highest BCUT2D eigenvalue weighted by Crippen LogP contribution is 2.18. The maximum absolute atomic E-state index is 12.5. The van der Waals surface area contributed by atoms with Gasteiger partial charge in [0.05, 0.1) is 6.54 Å². The summed E-state index contributed by atoms with van der Waals surface area (Å²) in [6.07, 6.45) is 1.63. The molecule has 1 saturated heterocycles. The lowest BCUT2D eigenvalue weighted by atomic mass is 10.00. The van der Waals surface area contributed by atoms with Crippen LogP contribution in [0.2, 0.25) is 0 Å². The Morgan fingerprint density at radius 3 is 2.27 bits per heavy atom. The molecule has 2 N–H and O–H groups in total. The van der Waals surface area contributed by atoms with Gasteiger partial charge < -0.3 is 15.3 Å². The van der Waals surface area contributed by atoms with Gasteiger partial charge in [-0.2, -0.15) is 0 Å². The second-order valence-corrected chi connectivity index (χ2v) is 7.21. The molecule has 2 rings (SSSR count). The first-order valence-electron chi connectivity index (χ1n) is 9.37. The fourth-order valence-electron chi connectivity index (χ4n) is 3.87. The summed E-state index contributed by atoms with van der Waals surface area (Å²) in [5, 5.41) is 12.0. The molecule has 1 aliphatic heterocycles. The number of carbonyl (C=O) groups excluding carboxylic acids is 1. The van der Waals surface area contributed by atoms with Gasteiger partial charge in [0, 0.05) is 25.7 Å². The number of amides is 2. The van der Waals surface area contributed by atoms with Gasteiger partial charge in [-0.25, -0.2) is 4.79 Å². The van der Waals surface area contributed by atoms with Crippen LogP contribution in [0.5, 0.6) is 0 Å². The summed E-state index contributed by atoms with van der Waals surface area (Å²) in [5.74, 6) is -0.795. The van der Waals surface area contributed by atoms with Crippen molar-refractivity contribution in [3.63, 3.8) is 0 Å². The number of likely N-dealkylation sites (N-methyl/N-ethyl adjacent to an activating group) is 1. The Balaban J connectivity index is 1.86. The van der Waals surface area contributed by atoms with Crippen molar-refractivity contribution in [2.75, 3.05) is 26.2 Å². The second-order valence-electron chi connectivity index (χ2n) is 7.21. The van der Waals surface area contributed by atoms with E-state index in [1.54, 1.807) is 0 Å². The van der Waals surface area contributed by atoms with Crippen LogP contribution >= 0.6 is 0 Å². The Morgan fingerprint density at radius 2 is 1.77 bits per heavy atom. The zero-order valence-corrected chi connectivity index (χ0v) is 16.3. The summed E-state index contributed by atoms with van der Waals surface area (Å²) in [7, 11) is 0. The number of piperidine rings is 1. The van der Waals surface area contributed by atoms with E-state index in [9.17, 15) is 9.59 Å². The van der Waals surface area contributed by atoms with Crippen molar-refractivity contribution in [1.29, 1.82) is 0 Å². The largest absolute Gasteiger partial charge is 0.480 e. The third kappa shape index (κ3) is 5.21. The average Bonchev–Trinajstić information content (AvgIpc) is 2.58. The van der Waals surface area contributed by atoms with E-state index in [1.165, 1.54) is 22.3 Å². The first-order valence-corrected chi connectivity index (χ1v) is 9.37. The molecule has 1 aromatic carbocycles. The van der Waals surface area contributed by atoms with E-state index in [-0.39, 0.29) is 18.6 Å². The summed E-state index contributed by atoms with van der Waals surface area (Å²) in [5.41, 5.74) is 4.82. The van der Waals surface area contributed by atoms with Crippen LogP contribution in [-0.2, 0) is 11.3 Å². The van der Waals surface area contributed by atoms with Crippen LogP contribution in [0.25, 0.3) is 0 Å². The summed E-state index contributed by atoms with van der Waals surface area (Å²) in [4.78, 5) is 27.3. The molecule has 0 spiro atoms. The Bertz CT molecular complexity index is 629. The Morgan fingerprint density at radius 1 is 1.19 bits per heavy atom. The van der Waals surface area contributed by atoms with Crippen LogP contribution < -0.4 is 5.32 Å². The Hall–Kier alpha value is -2.08. The second kappa shape index (κ2) is 9.03. The van der Waals surface area contributed by atoms with E-state index in [0.717, 1.165) is 19.4 Å². The van der Waals surface area contributed by atoms with Crippen molar-refractivity contribution in [3.8, 4) is 0 Å². The molecule has 1 heterocycles. The molecular formula is C20H31N3O3. The lowest BCUT2D eigenvalue weighted by Crippen LogP contribution is -2.50. The van der Waals surface area contributed by atoms with E-state index in [1.807, 2.05) is 16.7 Å². The number of hydrogen-bond acceptors (Lipinski definition) is 3. The molecule has 1 aromatic rings. The number of aryl methyl sites for hydroxylation is 3. The lowest BCUT2D eigenvalue weighted by Gasteiger charge is -2.37. The van der Waals surface area contributed by atoms with E-state index in [0.29, 0.717) is 19.6 Å². The van der Waals surface area contributed by atoms with Gasteiger partial charge in [-0.15, -0.1) is 0 Å². The van der Waals surface area contributed by atoms with Gasteiger partial charge in [-0.3, -0.25) is 9.69 Å². The number of benzene rings is 1. The number of hydrogen-bond donors (Lipinski definition) is 2. The smallest absolute Gasteiger partial charge is 0.317 e. The summed E-state index contributed by atoms with van der Waals surface area (Å²) >= 11 is 0. The summed E-state index contributed by atoms with van der Waals surface area (Å²) in [6.45, 7) is 10.9. The number of aliphatic carboxylic acids is 1. The first kappa shape index (κ1) is 20.2. The van der Waals surface area contributed by atoms with Gasteiger partial charge in [-0.1, -0.05) is 24.6 Å². The summed E-state index contributed by atoms with van der Waals surface area (Å²) < 4.78 is 0. The predicted octanol–water partition coefficient (Wildman–Crippen LogP) is 2.69. The molecular weight excluding hydrogens is 330 g/mol. The topological polar surface area (TPSA) is 72.9 Å². The number of likely N-dealkylation sites (tertiary alicyclic amines) is 1. The van der Waals surface area contributed by atoms with E-state index < -0.39 is 5.97 Å². The maximum atomic E-state index is 12.5. The molecule has 0 saturated carbocycles. The molecule has 144 valence electrons. The van der Waals surface area contributed by atoms with Gasteiger partial charge in [-0.05, 0) is 56.8 Å². The number of carboxylic acid groups (broad SMARTS) is 1. The average molecular weight is 361 g/mol. The van der Waals surface area contributed by atoms with Crippen LogP contribution in [0.1, 0.15) is 42.0 Å². The number of nitrogens with one attached hydrogen (secondary N) is 1. The van der Waals surface area contributed by atoms with Crippen LogP contribution in [0.4, 0.5) is 4.79 Å². The van der Waals surface area contributed by atoms with Crippen molar-refractivity contribution in [3.05, 3.63) is 34.4 Å². The zero-order valence-electron chi connectivity index (χ0n) is 16.3. The van der Waals surface area contributed by atoms with Crippen molar-refractivity contribution in [2.45, 2.75) is 53.1 Å². The molecule has 1 aliphatic rings. The normalized spacial score (nSPS) is 15.3. The molecule has 0 unspecified atom stereocenters. The maximum Gasteiger partial charge on any atom is 0.317 e. The van der Waals surface area contributed by atoms with Gasteiger partial charge in [0.2, 0.25) is 0 Å². The molecule has 6 heteroatoms. The fourth-order valence-corrected chi connectivity index (χ4v) is 3.87. The Labute approximate surface area is 156 Å². The lowest BCUT2D eigenvalue weighted by molar-refractivity contribution is -0.139. The minimum atomic E-state index is -0.795. The van der Waals surface area contributed by atoms with Crippen LogP contribution in [0, 0.1) is 20.8 Å². The molecule has 0 aromatic heterocycles. The van der Waals surface area contributed by atoms with Gasteiger partial charge in [0.15, 0.2) is 0 Å². The summed E-state index contributed by atoms with van der Waals surface area (Å²) in [6, 6.07) is 4.48. The SMILES string of the molecule is CCN(CC(=O)O)C1CCN(C(=O)NCc2c(C)cc(C)cc2C)CC1. The van der Waals surface area contributed by atoms with Crippen molar-refractivity contribution >= 4 is 12.0 Å². The first-order chi connectivity index (χ1) is 12.3. The molecule has 1 fully saturated rings. The predicted molar refractivity (Wildman–Crippen MR) is 102 cm³/mol. The van der Waals surface area contributed by atoms with E-state index in [2.05, 4.69) is 38.2 Å². The highest BCUT2D eigenvalue weighted by atomic mass is 16.4. The number of carbonyl (C=O) groups is 2. The van der Waals surface area contributed by atoms with Crippen LogP contribution in [0.3, 0.4) is 0 Å². The van der Waals surface area contributed by atoms with Crippen molar-refractivity contribution in [1.82, 2.24) is 15.1 Å². The van der Waals surface area contributed by atoms with Crippen LogP contribution in [0.15, 0.2) is 12.1 Å². The quantitative estimate of drug-likeness (QED) is 0.817. The van der Waals surface area contributed by atoms with Crippen molar-refractivity contribution < 1.29 is 14.7 Å². The molecule has 26 heavy (non-hydrogen) atoms. The number of nitrogens with zero attached hydrogens (tertiary/aromatic N) is 2. The molecule has 2 amide bonds. The Kier molecular flexibility index (Phi) is 7.03. The van der Waals surface area contributed by atoms with E-state index in [4.69, 9.17) is 5.11 Å². The number of urea groups is 1. The van der Waals surface area contributed by atoms with Crippen LogP contribution in [-0.4, -0.2) is 59.1 Å². The fraction of sp³-hybridized carbons (Fsp3) is 0.600. The molecule has 0 radical (unpaired) electrons. The molecule has 0 bridgehead atoms. The molecule has 0 atom stereocenters. The zero-order chi connectivity index (χ0) is 19.3. The minimum Gasteiger partial charge on any atom is -0.480 e. The third-order valence-electron chi connectivity index (χ3n) is 5.27. The number of carboxylic acids is 1. The standard InChI is InChI=1S/C20H31N3O3/c1-5-22(13-19(24)25)17-6-8-23(9-7-17)20(26)21-12-18-15(3)10-14(2)11-16(18)4/h10-11,17H,5-9,12-13H2,1-4H3,(H,21,26)(H,24,25). The minimum absolute atomic E-state index is 0.0379. The number of rotatable bonds is 6. The highest BCUT2D eigenvalue weighted by Gasteiger charge is 2.27. The van der Waals surface area contributed by atoms with Crippen molar-refractivity contribution in [2.24, 2.45) is 0 Å². The van der Waals surface area contributed by atoms with E-state index >= 15 is 0 Å². The third-order valence-corrected chi connectivity index (χ3v) is 5.27.